The van der Waals surface area contributed by atoms with Crippen molar-refractivity contribution in [2.24, 2.45) is 0 Å². The summed E-state index contributed by atoms with van der Waals surface area (Å²) in [6.45, 7) is 2.12. The molecule has 0 radical (unpaired) electrons. The molecule has 0 aliphatic heterocycles. The number of nitrogens with one attached hydrogen (secondary N) is 2. The van der Waals surface area contributed by atoms with Crippen LogP contribution in [0.2, 0.25) is 0 Å². The van der Waals surface area contributed by atoms with E-state index in [0.29, 0.717) is 30.1 Å². The van der Waals surface area contributed by atoms with Crippen LogP contribution in [0.25, 0.3) is 0 Å². The number of benzene rings is 1. The number of anilines is 1. The first-order valence-corrected chi connectivity index (χ1v) is 5.51. The van der Waals surface area contributed by atoms with Gasteiger partial charge in [0.15, 0.2) is 0 Å². The van der Waals surface area contributed by atoms with Gasteiger partial charge in [0.1, 0.15) is 11.3 Å². The van der Waals surface area contributed by atoms with Gasteiger partial charge in [-0.2, -0.15) is 0 Å². The van der Waals surface area contributed by atoms with Gasteiger partial charge in [-0.25, -0.2) is 0 Å². The molecule has 0 bridgehead atoms. The summed E-state index contributed by atoms with van der Waals surface area (Å²) in [6.07, 6.45) is 0. The fourth-order valence-electron chi connectivity index (χ4n) is 1.46. The summed E-state index contributed by atoms with van der Waals surface area (Å²) in [5.74, 6) is -0.0385. The zero-order valence-corrected chi connectivity index (χ0v) is 10.4. The lowest BCUT2D eigenvalue weighted by molar-refractivity contribution is -0.118. The fraction of sp³-hybridized carbons (Fsp3) is 0.333. The summed E-state index contributed by atoms with van der Waals surface area (Å²) in [5.41, 5.74) is 6.40. The minimum Gasteiger partial charge on any atom is -0.496 e. The second kappa shape index (κ2) is 6.48. The van der Waals surface area contributed by atoms with Gasteiger partial charge in [0.25, 0.3) is 5.91 Å². The maximum atomic E-state index is 11.9. The van der Waals surface area contributed by atoms with Crippen molar-refractivity contribution in [2.75, 3.05) is 25.9 Å². The van der Waals surface area contributed by atoms with E-state index in [1.54, 1.807) is 18.2 Å². The van der Waals surface area contributed by atoms with Gasteiger partial charge in [0.2, 0.25) is 5.91 Å². The molecule has 1 aromatic carbocycles. The van der Waals surface area contributed by atoms with E-state index in [-0.39, 0.29) is 11.8 Å². The molecule has 2 amide bonds. The van der Waals surface area contributed by atoms with Crippen molar-refractivity contribution < 1.29 is 14.3 Å². The Hall–Kier alpha value is -2.24. The second-order valence-electron chi connectivity index (χ2n) is 3.66. The molecule has 6 heteroatoms. The molecule has 0 aliphatic rings. The van der Waals surface area contributed by atoms with Crippen LogP contribution < -0.4 is 21.1 Å². The number of rotatable bonds is 5. The predicted molar refractivity (Wildman–Crippen MR) is 68.4 cm³/mol. The number of methoxy groups -OCH3 is 1. The van der Waals surface area contributed by atoms with Gasteiger partial charge in [0, 0.05) is 25.7 Å². The maximum Gasteiger partial charge on any atom is 0.257 e. The van der Waals surface area contributed by atoms with E-state index in [9.17, 15) is 9.59 Å². The summed E-state index contributed by atoms with van der Waals surface area (Å²) >= 11 is 0. The van der Waals surface area contributed by atoms with E-state index in [1.807, 2.05) is 0 Å². The first-order valence-electron chi connectivity index (χ1n) is 5.51. The molecule has 0 fully saturated rings. The third-order valence-corrected chi connectivity index (χ3v) is 2.29. The molecule has 0 spiro atoms. The van der Waals surface area contributed by atoms with Gasteiger partial charge < -0.3 is 21.1 Å². The Morgan fingerprint density at radius 1 is 1.28 bits per heavy atom. The lowest BCUT2D eigenvalue weighted by atomic mass is 10.1. The molecule has 0 saturated heterocycles. The van der Waals surface area contributed by atoms with Crippen molar-refractivity contribution in [3.63, 3.8) is 0 Å². The lowest BCUT2D eigenvalue weighted by Gasteiger charge is -2.11. The Morgan fingerprint density at radius 2 is 1.94 bits per heavy atom. The molecular formula is C12H17N3O3. The van der Waals surface area contributed by atoms with E-state index >= 15 is 0 Å². The molecule has 0 heterocycles. The van der Waals surface area contributed by atoms with Crippen LogP contribution in [0.4, 0.5) is 5.69 Å². The quantitative estimate of drug-likeness (QED) is 0.512. The molecule has 6 nitrogen and oxygen atoms in total. The molecule has 0 aromatic heterocycles. The molecule has 18 heavy (non-hydrogen) atoms. The highest BCUT2D eigenvalue weighted by atomic mass is 16.5. The van der Waals surface area contributed by atoms with Gasteiger partial charge in [-0.05, 0) is 12.1 Å². The van der Waals surface area contributed by atoms with Crippen molar-refractivity contribution in [3.05, 3.63) is 23.8 Å². The lowest BCUT2D eigenvalue weighted by Crippen LogP contribution is -2.34. The molecule has 0 saturated carbocycles. The Balaban J connectivity index is 2.64. The minimum atomic E-state index is -0.324. The number of nitrogen functional groups attached to an aromatic ring is 1. The van der Waals surface area contributed by atoms with Gasteiger partial charge >= 0.3 is 0 Å². The van der Waals surface area contributed by atoms with E-state index in [4.69, 9.17) is 10.5 Å². The van der Waals surface area contributed by atoms with Crippen molar-refractivity contribution in [2.45, 2.75) is 6.92 Å². The highest BCUT2D eigenvalue weighted by Crippen LogP contribution is 2.23. The smallest absolute Gasteiger partial charge is 0.257 e. The van der Waals surface area contributed by atoms with E-state index in [2.05, 4.69) is 10.6 Å². The average Bonchev–Trinajstić information content (AvgIpc) is 2.33. The second-order valence-corrected chi connectivity index (χ2v) is 3.66. The molecule has 1 aromatic rings. The van der Waals surface area contributed by atoms with E-state index < -0.39 is 0 Å². The first kappa shape index (κ1) is 13.8. The molecule has 0 aliphatic carbocycles. The number of amides is 2. The molecular weight excluding hydrogens is 234 g/mol. The topological polar surface area (TPSA) is 93.4 Å². The monoisotopic (exact) mass is 251 g/mol. The molecule has 1 rings (SSSR count). The number of hydrogen-bond donors (Lipinski definition) is 3. The Bertz CT molecular complexity index is 446. The number of carbonyl (C=O) groups is 2. The normalized spacial score (nSPS) is 9.67. The first-order chi connectivity index (χ1) is 8.56. The molecule has 0 atom stereocenters. The highest BCUT2D eigenvalue weighted by molar-refractivity contribution is 6.01. The summed E-state index contributed by atoms with van der Waals surface area (Å²) in [4.78, 5) is 22.6. The SMILES string of the molecule is COc1cccc(N)c1C(=O)NCCNC(C)=O. The van der Waals surface area contributed by atoms with Crippen LogP contribution in [0.1, 0.15) is 17.3 Å². The van der Waals surface area contributed by atoms with Crippen LogP contribution in [0.5, 0.6) is 5.75 Å². The van der Waals surface area contributed by atoms with Crippen LogP contribution in [0, 0.1) is 0 Å². The van der Waals surface area contributed by atoms with Crippen LogP contribution in [0.15, 0.2) is 18.2 Å². The summed E-state index contributed by atoms with van der Waals surface area (Å²) in [5, 5.41) is 5.24. The van der Waals surface area contributed by atoms with Gasteiger partial charge in [-0.15, -0.1) is 0 Å². The standard InChI is InChI=1S/C12H17N3O3/c1-8(16)14-6-7-15-12(17)11-9(13)4-3-5-10(11)18-2/h3-5H,6-7,13H2,1-2H3,(H,14,16)(H,15,17). The summed E-state index contributed by atoms with van der Waals surface area (Å²) < 4.78 is 5.08. The third-order valence-electron chi connectivity index (χ3n) is 2.29. The van der Waals surface area contributed by atoms with Gasteiger partial charge in [-0.1, -0.05) is 6.07 Å². The van der Waals surface area contributed by atoms with Crippen molar-refractivity contribution >= 4 is 17.5 Å². The fourth-order valence-corrected chi connectivity index (χ4v) is 1.46. The Kier molecular flexibility index (Phi) is 4.98. The molecule has 0 unspecified atom stereocenters. The minimum absolute atomic E-state index is 0.138. The molecule has 4 N–H and O–H groups in total. The number of carbonyl (C=O) groups excluding carboxylic acids is 2. The van der Waals surface area contributed by atoms with E-state index in [0.717, 1.165) is 0 Å². The molecule has 98 valence electrons. The number of ether oxygens (including phenoxy) is 1. The average molecular weight is 251 g/mol. The van der Waals surface area contributed by atoms with Crippen molar-refractivity contribution in [1.82, 2.24) is 10.6 Å². The van der Waals surface area contributed by atoms with Crippen LogP contribution >= 0.6 is 0 Å². The van der Waals surface area contributed by atoms with Gasteiger partial charge in [0.05, 0.1) is 7.11 Å². The number of hydrogen-bond acceptors (Lipinski definition) is 4. The Morgan fingerprint density at radius 3 is 2.56 bits per heavy atom. The van der Waals surface area contributed by atoms with Crippen LogP contribution in [-0.4, -0.2) is 32.0 Å². The maximum absolute atomic E-state index is 11.9. The number of nitrogens with two attached hydrogens (primary N) is 1. The third kappa shape index (κ3) is 3.65. The zero-order chi connectivity index (χ0) is 13.5. The largest absolute Gasteiger partial charge is 0.496 e. The van der Waals surface area contributed by atoms with Gasteiger partial charge in [-0.3, -0.25) is 9.59 Å². The summed E-state index contributed by atoms with van der Waals surface area (Å²) in [7, 11) is 1.48. The van der Waals surface area contributed by atoms with Crippen LogP contribution in [-0.2, 0) is 4.79 Å². The predicted octanol–water partition coefficient (Wildman–Crippen LogP) is 0.143. The highest BCUT2D eigenvalue weighted by Gasteiger charge is 2.14. The van der Waals surface area contributed by atoms with E-state index in [1.165, 1.54) is 14.0 Å². The van der Waals surface area contributed by atoms with Crippen LogP contribution in [0.3, 0.4) is 0 Å². The van der Waals surface area contributed by atoms with Crippen molar-refractivity contribution in [3.8, 4) is 5.75 Å². The summed E-state index contributed by atoms with van der Waals surface area (Å²) in [6, 6.07) is 5.01. The Labute approximate surface area is 105 Å². The van der Waals surface area contributed by atoms with Crippen molar-refractivity contribution in [1.29, 1.82) is 0 Å². The zero-order valence-electron chi connectivity index (χ0n) is 10.4.